The second kappa shape index (κ2) is 6.97. The predicted octanol–water partition coefficient (Wildman–Crippen LogP) is -0.165. The molecule has 108 valence electrons. The van der Waals surface area contributed by atoms with Crippen molar-refractivity contribution in [3.8, 4) is 0 Å². The number of hydrogen-bond donors (Lipinski definition) is 2. The smallest absolute Gasteiger partial charge is 0.332 e. The monoisotopic (exact) mass is 289 g/mol. The second-order valence-electron chi connectivity index (χ2n) is 4.54. The van der Waals surface area contributed by atoms with Crippen LogP contribution in [0.1, 0.15) is 6.42 Å². The van der Waals surface area contributed by atoms with E-state index in [1.165, 1.54) is 0 Å². The van der Waals surface area contributed by atoms with E-state index in [9.17, 15) is 9.59 Å². The van der Waals surface area contributed by atoms with E-state index in [-0.39, 0.29) is 18.5 Å². The number of morpholine rings is 1. The fraction of sp³-hybridized carbons (Fsp3) is 0.818. The lowest BCUT2D eigenvalue weighted by Gasteiger charge is -2.37. The number of carboxylic acids is 1. The number of rotatable bonds is 3. The van der Waals surface area contributed by atoms with Gasteiger partial charge in [-0.2, -0.15) is 11.8 Å². The van der Waals surface area contributed by atoms with Gasteiger partial charge in [-0.1, -0.05) is 0 Å². The molecule has 0 aromatic heterocycles. The van der Waals surface area contributed by atoms with E-state index in [4.69, 9.17) is 9.84 Å². The molecule has 0 aromatic carbocycles. The van der Waals surface area contributed by atoms with Crippen LogP contribution in [0.25, 0.3) is 0 Å². The molecule has 8 heteroatoms. The van der Waals surface area contributed by atoms with Crippen molar-refractivity contribution in [2.24, 2.45) is 0 Å². The predicted molar refractivity (Wildman–Crippen MR) is 71.0 cm³/mol. The van der Waals surface area contributed by atoms with Crippen LogP contribution < -0.4 is 5.43 Å². The van der Waals surface area contributed by atoms with Gasteiger partial charge in [0.15, 0.2) is 0 Å². The number of nitrogens with zero attached hydrogens (tertiary/aromatic N) is 2. The quantitative estimate of drug-likeness (QED) is 0.751. The van der Waals surface area contributed by atoms with Gasteiger partial charge < -0.3 is 14.7 Å². The van der Waals surface area contributed by atoms with Gasteiger partial charge >= 0.3 is 12.0 Å². The largest absolute Gasteiger partial charge is 0.481 e. The Labute approximate surface area is 116 Å². The third-order valence-electron chi connectivity index (χ3n) is 3.16. The third kappa shape index (κ3) is 4.26. The summed E-state index contributed by atoms with van der Waals surface area (Å²) in [6.45, 7) is 3.14. The molecule has 19 heavy (non-hydrogen) atoms. The number of ether oxygens (including phenoxy) is 1. The van der Waals surface area contributed by atoms with Crippen LogP contribution >= 0.6 is 11.8 Å². The van der Waals surface area contributed by atoms with E-state index >= 15 is 0 Å². The summed E-state index contributed by atoms with van der Waals surface area (Å²) in [6, 6.07) is -0.425. The van der Waals surface area contributed by atoms with Crippen LogP contribution in [0.2, 0.25) is 0 Å². The Bertz CT molecular complexity index is 336. The summed E-state index contributed by atoms with van der Waals surface area (Å²) in [5, 5.41) is 10.7. The van der Waals surface area contributed by atoms with Crippen LogP contribution in [0.3, 0.4) is 0 Å². The standard InChI is InChI=1S/C11H19N3O4S/c15-10(16)7-9-8-19-6-3-14(9)11(17)12-13-1-4-18-5-2-13/h9H,1-8H2,(H,12,17)(H,15,16). The zero-order chi connectivity index (χ0) is 13.7. The van der Waals surface area contributed by atoms with Gasteiger partial charge in [0, 0.05) is 31.1 Å². The molecule has 7 nitrogen and oxygen atoms in total. The zero-order valence-electron chi connectivity index (χ0n) is 10.7. The van der Waals surface area contributed by atoms with Gasteiger partial charge in [0.25, 0.3) is 0 Å². The molecule has 0 spiro atoms. The van der Waals surface area contributed by atoms with Crippen molar-refractivity contribution in [2.45, 2.75) is 12.5 Å². The number of thioether (sulfide) groups is 1. The Morgan fingerprint density at radius 3 is 2.74 bits per heavy atom. The van der Waals surface area contributed by atoms with E-state index in [1.54, 1.807) is 16.7 Å². The first kappa shape index (κ1) is 14.4. The summed E-state index contributed by atoms with van der Waals surface area (Å²) < 4.78 is 5.21. The fourth-order valence-corrected chi connectivity index (χ4v) is 3.23. The van der Waals surface area contributed by atoms with Crippen molar-refractivity contribution in [1.82, 2.24) is 15.3 Å². The highest BCUT2D eigenvalue weighted by molar-refractivity contribution is 7.99. The highest BCUT2D eigenvalue weighted by atomic mass is 32.2. The molecule has 2 amide bonds. The van der Waals surface area contributed by atoms with Gasteiger partial charge in [0.1, 0.15) is 0 Å². The van der Waals surface area contributed by atoms with Gasteiger partial charge in [-0.05, 0) is 0 Å². The minimum Gasteiger partial charge on any atom is -0.481 e. The minimum absolute atomic E-state index is 0.00350. The lowest BCUT2D eigenvalue weighted by molar-refractivity contribution is -0.138. The molecule has 1 atom stereocenters. The Hall–Kier alpha value is -0.990. The molecular weight excluding hydrogens is 270 g/mol. The van der Waals surface area contributed by atoms with Gasteiger partial charge in [-0.25, -0.2) is 9.80 Å². The highest BCUT2D eigenvalue weighted by Crippen LogP contribution is 2.19. The first-order chi connectivity index (χ1) is 9.16. The minimum atomic E-state index is -0.864. The SMILES string of the molecule is O=C(O)CC1CSCCN1C(=O)NN1CCOCC1. The number of urea groups is 1. The molecule has 0 bridgehead atoms. The molecule has 2 aliphatic heterocycles. The zero-order valence-corrected chi connectivity index (χ0v) is 11.5. The first-order valence-electron chi connectivity index (χ1n) is 6.36. The van der Waals surface area contributed by atoms with Crippen molar-refractivity contribution >= 4 is 23.8 Å². The fourth-order valence-electron chi connectivity index (χ4n) is 2.17. The summed E-state index contributed by atoms with van der Waals surface area (Å²) >= 11 is 1.69. The molecule has 2 heterocycles. The summed E-state index contributed by atoms with van der Waals surface area (Å²) in [4.78, 5) is 24.7. The van der Waals surface area contributed by atoms with Crippen LogP contribution in [-0.2, 0) is 9.53 Å². The molecule has 2 saturated heterocycles. The molecule has 2 rings (SSSR count). The maximum Gasteiger partial charge on any atom is 0.332 e. The molecule has 2 aliphatic rings. The number of hydrogen-bond acceptors (Lipinski definition) is 5. The number of hydrazine groups is 1. The van der Waals surface area contributed by atoms with Crippen molar-refractivity contribution in [1.29, 1.82) is 0 Å². The van der Waals surface area contributed by atoms with Crippen LogP contribution in [0, 0.1) is 0 Å². The molecule has 1 unspecified atom stereocenters. The number of carbonyl (C=O) groups is 2. The average molecular weight is 289 g/mol. The summed E-state index contributed by atoms with van der Waals surface area (Å²) in [5.74, 6) is 0.673. The molecule has 0 aromatic rings. The lowest BCUT2D eigenvalue weighted by Crippen LogP contribution is -2.57. The van der Waals surface area contributed by atoms with Crippen molar-refractivity contribution in [2.75, 3.05) is 44.4 Å². The molecular formula is C11H19N3O4S. The summed E-state index contributed by atoms with van der Waals surface area (Å²) in [7, 11) is 0. The van der Waals surface area contributed by atoms with Crippen LogP contribution in [-0.4, -0.2) is 77.4 Å². The van der Waals surface area contributed by atoms with Gasteiger partial charge in [0.05, 0.1) is 25.7 Å². The highest BCUT2D eigenvalue weighted by Gasteiger charge is 2.29. The Kier molecular flexibility index (Phi) is 5.29. The van der Waals surface area contributed by atoms with Crippen molar-refractivity contribution in [3.63, 3.8) is 0 Å². The Balaban J connectivity index is 1.88. The van der Waals surface area contributed by atoms with Crippen molar-refractivity contribution in [3.05, 3.63) is 0 Å². The number of aliphatic carboxylic acids is 1. The van der Waals surface area contributed by atoms with E-state index < -0.39 is 5.97 Å². The number of nitrogens with one attached hydrogen (secondary N) is 1. The third-order valence-corrected chi connectivity index (χ3v) is 4.26. The van der Waals surface area contributed by atoms with Gasteiger partial charge in [0.2, 0.25) is 0 Å². The number of carboxylic acid groups (broad SMARTS) is 1. The van der Waals surface area contributed by atoms with Crippen LogP contribution in [0.4, 0.5) is 4.79 Å². The van der Waals surface area contributed by atoms with E-state index in [0.717, 1.165) is 5.75 Å². The Morgan fingerprint density at radius 2 is 2.05 bits per heavy atom. The van der Waals surface area contributed by atoms with Gasteiger partial charge in [-0.15, -0.1) is 0 Å². The topological polar surface area (TPSA) is 82.1 Å². The summed E-state index contributed by atoms with van der Waals surface area (Å²) in [6.07, 6.45) is 0.00350. The van der Waals surface area contributed by atoms with E-state index in [2.05, 4.69) is 5.43 Å². The average Bonchev–Trinajstić information content (AvgIpc) is 2.39. The van der Waals surface area contributed by atoms with E-state index in [1.807, 2.05) is 5.01 Å². The molecule has 0 saturated carbocycles. The molecule has 0 radical (unpaired) electrons. The van der Waals surface area contributed by atoms with Crippen LogP contribution in [0.15, 0.2) is 0 Å². The molecule has 2 fully saturated rings. The van der Waals surface area contributed by atoms with Crippen LogP contribution in [0.5, 0.6) is 0 Å². The van der Waals surface area contributed by atoms with Gasteiger partial charge in [-0.3, -0.25) is 10.2 Å². The second-order valence-corrected chi connectivity index (χ2v) is 5.69. The maximum atomic E-state index is 12.2. The van der Waals surface area contributed by atoms with E-state index in [0.29, 0.717) is 38.6 Å². The summed E-state index contributed by atoms with van der Waals surface area (Å²) in [5.41, 5.74) is 2.83. The first-order valence-corrected chi connectivity index (χ1v) is 7.52. The normalized spacial score (nSPS) is 25.1. The Morgan fingerprint density at radius 1 is 1.32 bits per heavy atom. The lowest BCUT2D eigenvalue weighted by atomic mass is 10.2. The number of carbonyl (C=O) groups excluding carboxylic acids is 1. The molecule has 2 N–H and O–H groups in total. The molecule has 0 aliphatic carbocycles. The maximum absolute atomic E-state index is 12.2. The number of amides is 2. The van der Waals surface area contributed by atoms with Crippen molar-refractivity contribution < 1.29 is 19.4 Å².